The van der Waals surface area contributed by atoms with Crippen LogP contribution in [0.3, 0.4) is 0 Å². The number of aliphatic hydroxyl groups excluding tert-OH is 1. The number of hydrogen-bond acceptors (Lipinski definition) is 5. The molecule has 3 atom stereocenters. The van der Waals surface area contributed by atoms with Crippen LogP contribution in [-0.2, 0) is 11.2 Å². The van der Waals surface area contributed by atoms with E-state index in [1.807, 2.05) is 6.20 Å². The number of aromatic nitrogens is 1. The molecule has 1 amide bonds. The molecule has 0 aromatic carbocycles. The number of fused-ring (bicyclic) bond motifs is 1. The summed E-state index contributed by atoms with van der Waals surface area (Å²) in [5.74, 6) is 1.97. The van der Waals surface area contributed by atoms with Gasteiger partial charge in [-0.25, -0.2) is 4.98 Å². The number of nitrogens with zero attached hydrogens (tertiary/aromatic N) is 1. The Bertz CT molecular complexity index is 824. The van der Waals surface area contributed by atoms with E-state index in [0.717, 1.165) is 43.5 Å². The van der Waals surface area contributed by atoms with Crippen LogP contribution in [0.1, 0.15) is 90.3 Å². The molecule has 6 nitrogen and oxygen atoms in total. The molecule has 0 saturated heterocycles. The van der Waals surface area contributed by atoms with Gasteiger partial charge in [-0.3, -0.25) is 4.79 Å². The Morgan fingerprint density at radius 1 is 1.31 bits per heavy atom. The molecule has 1 aromatic heterocycles. The van der Waals surface area contributed by atoms with Gasteiger partial charge in [-0.05, 0) is 54.6 Å². The van der Waals surface area contributed by atoms with Crippen LogP contribution >= 0.6 is 0 Å². The van der Waals surface area contributed by atoms with Crippen molar-refractivity contribution in [2.75, 3.05) is 6.54 Å². The Morgan fingerprint density at radius 3 is 2.62 bits per heavy atom. The number of aliphatic hydroxyl groups is 1. The molecule has 6 heteroatoms. The molecule has 2 saturated carbocycles. The standard InChI is InChI=1S/C26H41N3O3/c1-16-10-26(11-16)13-22(20-8-19(12-25(3,4)5)14-28-24(20)32-26)27-15-23(31)21(29-17(2)30)9-18-6-7-18/h8,14,16,18,21-23,27,31H,6-7,9-13,15H2,1-5H3,(H,29,30)/t16-,21-,22-,23+,26+/m0/s1. The van der Waals surface area contributed by atoms with Crippen LogP contribution < -0.4 is 15.4 Å². The van der Waals surface area contributed by atoms with Crippen LogP contribution in [0.25, 0.3) is 0 Å². The predicted octanol–water partition coefficient (Wildman–Crippen LogP) is 3.92. The van der Waals surface area contributed by atoms with Gasteiger partial charge in [0.25, 0.3) is 0 Å². The first kappa shape index (κ1) is 23.5. The van der Waals surface area contributed by atoms with Crippen molar-refractivity contribution in [3.05, 3.63) is 23.4 Å². The SMILES string of the molecule is CC(=O)N[C@@H](CC1CC1)[C@H](O)CN[C@H]1C[C@]2(C[C@H](C)C2)Oc2ncc(CC(C)(C)C)cc21. The van der Waals surface area contributed by atoms with Crippen LogP contribution in [-0.4, -0.2) is 40.3 Å². The quantitative estimate of drug-likeness (QED) is 0.567. The molecule has 2 heterocycles. The molecule has 0 unspecified atom stereocenters. The summed E-state index contributed by atoms with van der Waals surface area (Å²) in [6.07, 6.45) is 8.54. The van der Waals surface area contributed by atoms with Crippen molar-refractivity contribution in [3.8, 4) is 5.88 Å². The summed E-state index contributed by atoms with van der Waals surface area (Å²) >= 11 is 0. The number of amides is 1. The van der Waals surface area contributed by atoms with Crippen LogP contribution in [0.15, 0.2) is 12.3 Å². The third-order valence-electron chi connectivity index (χ3n) is 7.09. The van der Waals surface area contributed by atoms with Crippen molar-refractivity contribution >= 4 is 5.91 Å². The zero-order valence-corrected chi connectivity index (χ0v) is 20.4. The molecule has 1 aliphatic heterocycles. The Balaban J connectivity index is 1.49. The van der Waals surface area contributed by atoms with Crippen molar-refractivity contribution in [3.63, 3.8) is 0 Å². The Morgan fingerprint density at radius 2 is 2.03 bits per heavy atom. The predicted molar refractivity (Wildman–Crippen MR) is 125 cm³/mol. The van der Waals surface area contributed by atoms with Gasteiger partial charge in [0.1, 0.15) is 5.60 Å². The summed E-state index contributed by atoms with van der Waals surface area (Å²) in [5.41, 5.74) is 2.36. The molecule has 2 aliphatic carbocycles. The fourth-order valence-electron chi connectivity index (χ4n) is 5.62. The van der Waals surface area contributed by atoms with Crippen molar-refractivity contribution < 1.29 is 14.6 Å². The Kier molecular flexibility index (Phi) is 6.56. The minimum absolute atomic E-state index is 0.0791. The highest BCUT2D eigenvalue weighted by Crippen LogP contribution is 2.50. The molecule has 3 aliphatic rings. The number of ether oxygens (including phenoxy) is 1. The van der Waals surface area contributed by atoms with Gasteiger partial charge >= 0.3 is 0 Å². The largest absolute Gasteiger partial charge is 0.471 e. The summed E-state index contributed by atoms with van der Waals surface area (Å²) in [6.45, 7) is 11.0. The van der Waals surface area contributed by atoms with Gasteiger partial charge < -0.3 is 20.5 Å². The fraction of sp³-hybridized carbons (Fsp3) is 0.769. The molecule has 2 fully saturated rings. The molecular formula is C26H41N3O3. The average molecular weight is 444 g/mol. The molecular weight excluding hydrogens is 402 g/mol. The summed E-state index contributed by atoms with van der Waals surface area (Å²) in [6, 6.07) is 2.13. The van der Waals surface area contributed by atoms with E-state index in [1.54, 1.807) is 0 Å². The molecule has 178 valence electrons. The lowest BCUT2D eigenvalue weighted by Gasteiger charge is -2.50. The molecule has 1 aromatic rings. The van der Waals surface area contributed by atoms with E-state index in [-0.39, 0.29) is 29.0 Å². The highest BCUT2D eigenvalue weighted by molar-refractivity contribution is 5.73. The molecule has 32 heavy (non-hydrogen) atoms. The summed E-state index contributed by atoms with van der Waals surface area (Å²) in [4.78, 5) is 16.4. The first-order chi connectivity index (χ1) is 15.0. The maximum atomic E-state index is 11.7. The molecule has 0 bridgehead atoms. The second-order valence-corrected chi connectivity index (χ2v) is 12.0. The first-order valence-corrected chi connectivity index (χ1v) is 12.4. The lowest BCUT2D eigenvalue weighted by molar-refractivity contribution is -0.120. The van der Waals surface area contributed by atoms with Gasteiger partial charge in [0, 0.05) is 37.7 Å². The highest BCUT2D eigenvalue weighted by Gasteiger charge is 2.49. The molecule has 4 rings (SSSR count). The maximum absolute atomic E-state index is 11.7. The molecule has 1 spiro atoms. The third kappa shape index (κ3) is 5.82. The topological polar surface area (TPSA) is 83.5 Å². The lowest BCUT2D eigenvalue weighted by atomic mass is 9.67. The summed E-state index contributed by atoms with van der Waals surface area (Å²) in [5, 5.41) is 17.5. The van der Waals surface area contributed by atoms with Gasteiger partial charge in [-0.1, -0.05) is 40.5 Å². The number of carbonyl (C=O) groups is 1. The van der Waals surface area contributed by atoms with Crippen LogP contribution in [0.2, 0.25) is 0 Å². The van der Waals surface area contributed by atoms with Gasteiger partial charge in [0.15, 0.2) is 0 Å². The molecule has 0 radical (unpaired) electrons. The summed E-state index contributed by atoms with van der Waals surface area (Å²) in [7, 11) is 0. The normalized spacial score (nSPS) is 28.9. The van der Waals surface area contributed by atoms with E-state index in [2.05, 4.69) is 44.4 Å². The van der Waals surface area contributed by atoms with Crippen molar-refractivity contribution in [2.24, 2.45) is 17.3 Å². The zero-order chi connectivity index (χ0) is 23.1. The average Bonchev–Trinajstić information content (AvgIpc) is 3.47. The van der Waals surface area contributed by atoms with Gasteiger partial charge in [0.2, 0.25) is 11.8 Å². The van der Waals surface area contributed by atoms with Crippen molar-refractivity contribution in [2.45, 2.75) is 103 Å². The van der Waals surface area contributed by atoms with E-state index < -0.39 is 6.10 Å². The van der Waals surface area contributed by atoms with Crippen molar-refractivity contribution in [1.82, 2.24) is 15.6 Å². The van der Waals surface area contributed by atoms with Crippen LogP contribution in [0.4, 0.5) is 0 Å². The minimum atomic E-state index is -0.618. The van der Waals surface area contributed by atoms with E-state index >= 15 is 0 Å². The van der Waals surface area contributed by atoms with Crippen molar-refractivity contribution in [1.29, 1.82) is 0 Å². The van der Waals surface area contributed by atoms with Gasteiger partial charge in [0.05, 0.1) is 12.1 Å². The maximum Gasteiger partial charge on any atom is 0.218 e. The fourth-order valence-corrected chi connectivity index (χ4v) is 5.62. The van der Waals surface area contributed by atoms with Crippen LogP contribution in [0.5, 0.6) is 5.88 Å². The van der Waals surface area contributed by atoms with Crippen LogP contribution in [0, 0.1) is 17.3 Å². The van der Waals surface area contributed by atoms with E-state index in [0.29, 0.717) is 18.4 Å². The lowest BCUT2D eigenvalue weighted by Crippen LogP contribution is -2.54. The van der Waals surface area contributed by atoms with E-state index in [1.165, 1.54) is 25.3 Å². The number of nitrogens with one attached hydrogen (secondary N) is 2. The van der Waals surface area contributed by atoms with E-state index in [4.69, 9.17) is 9.72 Å². The van der Waals surface area contributed by atoms with E-state index in [9.17, 15) is 9.90 Å². The number of hydrogen-bond donors (Lipinski definition) is 3. The minimum Gasteiger partial charge on any atom is -0.471 e. The Labute approximate surface area is 192 Å². The number of pyridine rings is 1. The first-order valence-electron chi connectivity index (χ1n) is 12.4. The van der Waals surface area contributed by atoms with Gasteiger partial charge in [-0.2, -0.15) is 0 Å². The second kappa shape index (κ2) is 8.94. The molecule has 3 N–H and O–H groups in total. The third-order valence-corrected chi connectivity index (χ3v) is 7.09. The van der Waals surface area contributed by atoms with Gasteiger partial charge in [-0.15, -0.1) is 0 Å². The Hall–Kier alpha value is -1.66. The number of carbonyl (C=O) groups excluding carboxylic acids is 1. The summed E-state index contributed by atoms with van der Waals surface area (Å²) < 4.78 is 6.44. The highest BCUT2D eigenvalue weighted by atomic mass is 16.5. The second-order valence-electron chi connectivity index (χ2n) is 12.0. The monoisotopic (exact) mass is 443 g/mol. The number of rotatable bonds is 8. The zero-order valence-electron chi connectivity index (χ0n) is 20.4. The smallest absolute Gasteiger partial charge is 0.218 e.